The highest BCUT2D eigenvalue weighted by molar-refractivity contribution is 7.90. The van der Waals surface area contributed by atoms with E-state index in [1.165, 1.54) is 12.3 Å². The third-order valence-electron chi connectivity index (χ3n) is 5.75. The summed E-state index contributed by atoms with van der Waals surface area (Å²) >= 11 is 0. The number of anilines is 1. The Morgan fingerprint density at radius 2 is 1.67 bits per heavy atom. The second-order valence-corrected chi connectivity index (χ2v) is 10.3. The van der Waals surface area contributed by atoms with Gasteiger partial charge in [0.25, 0.3) is 0 Å². The lowest BCUT2D eigenvalue weighted by Crippen LogP contribution is -2.35. The van der Waals surface area contributed by atoms with E-state index in [9.17, 15) is 21.6 Å². The molecule has 3 rings (SSSR count). The molecule has 1 saturated heterocycles. The van der Waals surface area contributed by atoms with Crippen molar-refractivity contribution in [1.29, 1.82) is 0 Å². The Morgan fingerprint density at radius 1 is 1.03 bits per heavy atom. The lowest BCUT2D eigenvalue weighted by atomic mass is 9.90. The molecule has 0 bridgehead atoms. The first-order chi connectivity index (χ1) is 14.6. The average Bonchev–Trinajstić information content (AvgIpc) is 2.72. The topological polar surface area (TPSA) is 49.4 Å². The Hall–Kier alpha value is -1.48. The Kier molecular flexibility index (Phi) is 11.5. The van der Waals surface area contributed by atoms with Crippen molar-refractivity contribution in [3.05, 3.63) is 59.7 Å². The molecule has 1 heterocycles. The van der Waals surface area contributed by atoms with E-state index in [2.05, 4.69) is 10.2 Å². The lowest BCUT2D eigenvalue weighted by molar-refractivity contribution is -0.137. The molecule has 0 spiro atoms. The molecule has 0 aromatic heterocycles. The van der Waals surface area contributed by atoms with E-state index in [4.69, 9.17) is 0 Å². The number of halogens is 5. The van der Waals surface area contributed by atoms with Crippen molar-refractivity contribution in [3.63, 3.8) is 0 Å². The molecule has 33 heavy (non-hydrogen) atoms. The molecule has 1 aliphatic heterocycles. The minimum Gasteiger partial charge on any atom is -0.385 e. The van der Waals surface area contributed by atoms with E-state index in [0.29, 0.717) is 23.0 Å². The molecule has 186 valence electrons. The number of likely N-dealkylation sites (tertiary alicyclic amines) is 1. The molecule has 0 unspecified atom stereocenters. The molecular weight excluding hydrogens is 496 g/mol. The van der Waals surface area contributed by atoms with Gasteiger partial charge in [-0.05, 0) is 87.1 Å². The maximum atomic E-state index is 12.8. The number of sulfone groups is 1. The van der Waals surface area contributed by atoms with E-state index in [1.807, 2.05) is 12.1 Å². The van der Waals surface area contributed by atoms with Gasteiger partial charge in [0.15, 0.2) is 9.84 Å². The first kappa shape index (κ1) is 29.6. The van der Waals surface area contributed by atoms with Crippen LogP contribution in [0.5, 0.6) is 0 Å². The number of piperidine rings is 1. The van der Waals surface area contributed by atoms with Crippen LogP contribution in [0, 0.1) is 5.92 Å². The van der Waals surface area contributed by atoms with Crippen LogP contribution in [0.4, 0.5) is 18.9 Å². The molecule has 10 heteroatoms. The van der Waals surface area contributed by atoms with E-state index in [-0.39, 0.29) is 24.8 Å². The van der Waals surface area contributed by atoms with Crippen LogP contribution < -0.4 is 5.32 Å². The van der Waals surface area contributed by atoms with Crippen LogP contribution in [-0.2, 0) is 22.4 Å². The molecule has 0 aliphatic carbocycles. The van der Waals surface area contributed by atoms with E-state index in [0.717, 1.165) is 63.0 Å². The minimum atomic E-state index is -4.32. The van der Waals surface area contributed by atoms with Crippen molar-refractivity contribution in [2.75, 3.05) is 37.8 Å². The summed E-state index contributed by atoms with van der Waals surface area (Å²) in [4.78, 5) is 2.75. The van der Waals surface area contributed by atoms with Crippen LogP contribution >= 0.6 is 24.8 Å². The SMILES string of the molecule is CS(=O)(=O)c1ccc(CC2CCN(CCCNc3cccc(C(F)(F)F)c3)CC2)cc1.Cl.Cl. The van der Waals surface area contributed by atoms with Crippen molar-refractivity contribution in [2.45, 2.75) is 36.8 Å². The van der Waals surface area contributed by atoms with Crippen molar-refractivity contribution < 1.29 is 21.6 Å². The Labute approximate surface area is 206 Å². The highest BCUT2D eigenvalue weighted by Gasteiger charge is 2.30. The van der Waals surface area contributed by atoms with Gasteiger partial charge in [0.2, 0.25) is 0 Å². The fourth-order valence-corrected chi connectivity index (χ4v) is 4.59. The monoisotopic (exact) mass is 526 g/mol. The molecule has 0 atom stereocenters. The number of hydrogen-bond donors (Lipinski definition) is 1. The minimum absolute atomic E-state index is 0. The molecule has 1 fully saturated rings. The number of benzene rings is 2. The number of nitrogens with one attached hydrogen (secondary N) is 1. The molecule has 0 saturated carbocycles. The van der Waals surface area contributed by atoms with Crippen LogP contribution in [0.15, 0.2) is 53.4 Å². The fraction of sp³-hybridized carbons (Fsp3) is 0.478. The largest absolute Gasteiger partial charge is 0.416 e. The van der Waals surface area contributed by atoms with E-state index < -0.39 is 21.6 Å². The zero-order valence-corrected chi connectivity index (χ0v) is 20.9. The molecule has 1 N–H and O–H groups in total. The summed E-state index contributed by atoms with van der Waals surface area (Å²) in [7, 11) is -3.16. The number of rotatable bonds is 8. The normalized spacial score (nSPS) is 15.4. The van der Waals surface area contributed by atoms with Gasteiger partial charge in [0, 0.05) is 18.5 Å². The van der Waals surface area contributed by atoms with Crippen LogP contribution in [0.1, 0.15) is 30.4 Å². The zero-order chi connectivity index (χ0) is 22.5. The predicted octanol–water partition coefficient (Wildman–Crippen LogP) is 5.71. The predicted molar refractivity (Wildman–Crippen MR) is 131 cm³/mol. The van der Waals surface area contributed by atoms with Gasteiger partial charge in [-0.25, -0.2) is 8.42 Å². The average molecular weight is 527 g/mol. The number of alkyl halides is 3. The zero-order valence-electron chi connectivity index (χ0n) is 18.5. The standard InChI is InChI=1S/C23H29F3N2O2S.2ClH/c1-31(29,30)22-8-6-18(7-9-22)16-19-10-14-28(15-11-19)13-3-12-27-21-5-2-4-20(17-21)23(24,25)26;;/h2,4-9,17,19,27H,3,10-16H2,1H3;2*1H. The van der Waals surface area contributed by atoms with Gasteiger partial charge < -0.3 is 10.2 Å². The van der Waals surface area contributed by atoms with Crippen LogP contribution in [-0.4, -0.2) is 45.8 Å². The van der Waals surface area contributed by atoms with Gasteiger partial charge >= 0.3 is 6.18 Å². The number of nitrogens with zero attached hydrogens (tertiary/aromatic N) is 1. The van der Waals surface area contributed by atoms with E-state index in [1.54, 1.807) is 18.2 Å². The maximum absolute atomic E-state index is 12.8. The van der Waals surface area contributed by atoms with Gasteiger partial charge in [-0.3, -0.25) is 0 Å². The van der Waals surface area contributed by atoms with Gasteiger partial charge in [0.05, 0.1) is 10.5 Å². The Balaban J connectivity index is 0.00000272. The summed E-state index contributed by atoms with van der Waals surface area (Å²) in [6.07, 6.45) is 0.900. The third kappa shape index (κ3) is 9.35. The summed E-state index contributed by atoms with van der Waals surface area (Å²) in [6.45, 7) is 3.57. The van der Waals surface area contributed by atoms with Crippen molar-refractivity contribution in [2.24, 2.45) is 5.92 Å². The quantitative estimate of drug-likeness (QED) is 0.447. The maximum Gasteiger partial charge on any atom is 0.416 e. The van der Waals surface area contributed by atoms with Gasteiger partial charge in [-0.15, -0.1) is 24.8 Å². The van der Waals surface area contributed by atoms with Gasteiger partial charge in [-0.2, -0.15) is 13.2 Å². The molecule has 1 aliphatic rings. The van der Waals surface area contributed by atoms with Crippen molar-refractivity contribution >= 4 is 40.3 Å². The first-order valence-electron chi connectivity index (χ1n) is 10.5. The molecule has 2 aromatic carbocycles. The Morgan fingerprint density at radius 3 is 2.24 bits per heavy atom. The second kappa shape index (κ2) is 12.8. The van der Waals surface area contributed by atoms with Gasteiger partial charge in [0.1, 0.15) is 0 Å². The fourth-order valence-electron chi connectivity index (χ4n) is 3.96. The molecule has 4 nitrogen and oxygen atoms in total. The summed E-state index contributed by atoms with van der Waals surface area (Å²) in [5, 5.41) is 3.08. The molecule has 0 radical (unpaired) electrons. The van der Waals surface area contributed by atoms with Crippen LogP contribution in [0.25, 0.3) is 0 Å². The Bertz CT molecular complexity index is 962. The highest BCUT2D eigenvalue weighted by Crippen LogP contribution is 2.30. The molecule has 2 aromatic rings. The summed E-state index contributed by atoms with van der Waals surface area (Å²) in [5.74, 6) is 0.587. The summed E-state index contributed by atoms with van der Waals surface area (Å²) in [5.41, 5.74) is 1.03. The third-order valence-corrected chi connectivity index (χ3v) is 6.88. The lowest BCUT2D eigenvalue weighted by Gasteiger charge is -2.32. The summed E-state index contributed by atoms with van der Waals surface area (Å²) < 4.78 is 61.4. The number of hydrogen-bond acceptors (Lipinski definition) is 4. The first-order valence-corrected chi connectivity index (χ1v) is 12.4. The van der Waals surface area contributed by atoms with Gasteiger partial charge in [-0.1, -0.05) is 18.2 Å². The highest BCUT2D eigenvalue weighted by atomic mass is 35.5. The molecular formula is C23H31Cl2F3N2O2S. The summed E-state index contributed by atoms with van der Waals surface area (Å²) in [6, 6.07) is 12.5. The van der Waals surface area contributed by atoms with Crippen LogP contribution in [0.2, 0.25) is 0 Å². The second-order valence-electron chi connectivity index (χ2n) is 8.26. The van der Waals surface area contributed by atoms with Crippen molar-refractivity contribution in [1.82, 2.24) is 4.90 Å². The van der Waals surface area contributed by atoms with Crippen LogP contribution in [0.3, 0.4) is 0 Å². The molecule has 0 amide bonds. The smallest absolute Gasteiger partial charge is 0.385 e. The van der Waals surface area contributed by atoms with E-state index >= 15 is 0 Å². The van der Waals surface area contributed by atoms with Crippen molar-refractivity contribution in [3.8, 4) is 0 Å².